The molecule has 0 saturated heterocycles. The molecule has 0 unspecified atom stereocenters. The van der Waals surface area contributed by atoms with Gasteiger partial charge in [0, 0.05) is 19.8 Å². The van der Waals surface area contributed by atoms with Gasteiger partial charge < -0.3 is 5.32 Å². The van der Waals surface area contributed by atoms with E-state index in [4.69, 9.17) is 0 Å². The average molecular weight is 219 g/mol. The minimum atomic E-state index is -0.162. The van der Waals surface area contributed by atoms with Crippen LogP contribution in [-0.2, 0) is 13.6 Å². The number of rotatable bonds is 3. The van der Waals surface area contributed by atoms with E-state index in [2.05, 4.69) is 10.4 Å². The van der Waals surface area contributed by atoms with Crippen LogP contribution in [0.5, 0.6) is 0 Å². The van der Waals surface area contributed by atoms with Crippen molar-refractivity contribution in [2.24, 2.45) is 7.05 Å². The van der Waals surface area contributed by atoms with Crippen LogP contribution in [0.3, 0.4) is 0 Å². The molecule has 0 radical (unpaired) electrons. The predicted octanol–water partition coefficient (Wildman–Crippen LogP) is 2.48. The molecule has 2 aromatic rings. The molecule has 0 fully saturated rings. The Hall–Kier alpha value is -1.84. The van der Waals surface area contributed by atoms with E-state index in [1.54, 1.807) is 23.9 Å². The first-order valence-electron chi connectivity index (χ1n) is 5.13. The molecule has 1 aromatic carbocycles. The third-order valence-corrected chi connectivity index (χ3v) is 2.42. The first-order valence-corrected chi connectivity index (χ1v) is 5.13. The van der Waals surface area contributed by atoms with Crippen LogP contribution >= 0.6 is 0 Å². The summed E-state index contributed by atoms with van der Waals surface area (Å²) in [7, 11) is 1.87. The molecule has 1 aromatic heterocycles. The van der Waals surface area contributed by atoms with Crippen molar-refractivity contribution in [3.63, 3.8) is 0 Å². The van der Waals surface area contributed by atoms with Crippen molar-refractivity contribution in [2.45, 2.75) is 13.5 Å². The molecule has 16 heavy (non-hydrogen) atoms. The average Bonchev–Trinajstić information content (AvgIpc) is 2.66. The fraction of sp³-hybridized carbons (Fsp3) is 0.250. The Kier molecular flexibility index (Phi) is 2.90. The summed E-state index contributed by atoms with van der Waals surface area (Å²) in [5.74, 6) is -0.162. The summed E-state index contributed by atoms with van der Waals surface area (Å²) in [6.07, 6.45) is 3.66. The van der Waals surface area contributed by atoms with Crippen molar-refractivity contribution < 1.29 is 4.39 Å². The first-order chi connectivity index (χ1) is 7.65. The van der Waals surface area contributed by atoms with E-state index >= 15 is 0 Å². The number of hydrogen-bond acceptors (Lipinski definition) is 2. The summed E-state index contributed by atoms with van der Waals surface area (Å²) in [6, 6.07) is 5.12. The van der Waals surface area contributed by atoms with Crippen molar-refractivity contribution in [1.29, 1.82) is 0 Å². The second kappa shape index (κ2) is 4.35. The van der Waals surface area contributed by atoms with Crippen molar-refractivity contribution in [2.75, 3.05) is 5.32 Å². The third kappa shape index (κ3) is 2.39. The molecule has 0 spiro atoms. The minimum absolute atomic E-state index is 0.162. The van der Waals surface area contributed by atoms with E-state index in [0.717, 1.165) is 11.3 Å². The largest absolute Gasteiger partial charge is 0.378 e. The summed E-state index contributed by atoms with van der Waals surface area (Å²) in [4.78, 5) is 0. The normalized spacial score (nSPS) is 10.4. The third-order valence-electron chi connectivity index (χ3n) is 2.42. The number of aromatic nitrogens is 2. The lowest BCUT2D eigenvalue weighted by molar-refractivity contribution is 0.617. The van der Waals surface area contributed by atoms with E-state index in [9.17, 15) is 4.39 Å². The van der Waals surface area contributed by atoms with Crippen molar-refractivity contribution >= 4 is 5.69 Å². The number of nitrogens with one attached hydrogen (secondary N) is 1. The Morgan fingerprint density at radius 3 is 2.88 bits per heavy atom. The molecule has 4 heteroatoms. The van der Waals surface area contributed by atoms with Crippen LogP contribution in [0.1, 0.15) is 11.1 Å². The highest BCUT2D eigenvalue weighted by Crippen LogP contribution is 2.11. The molecule has 84 valence electrons. The van der Waals surface area contributed by atoms with Gasteiger partial charge >= 0.3 is 0 Å². The maximum absolute atomic E-state index is 13.0. The number of hydrogen-bond donors (Lipinski definition) is 1. The smallest absolute Gasteiger partial charge is 0.126 e. The molecule has 0 saturated carbocycles. The number of benzene rings is 1. The molecule has 3 nitrogen and oxygen atoms in total. The Labute approximate surface area is 93.9 Å². The van der Waals surface area contributed by atoms with Crippen LogP contribution in [0.4, 0.5) is 10.1 Å². The van der Waals surface area contributed by atoms with Gasteiger partial charge in [-0.15, -0.1) is 0 Å². The monoisotopic (exact) mass is 219 g/mol. The summed E-state index contributed by atoms with van der Waals surface area (Å²) < 4.78 is 14.8. The molecule has 0 bridgehead atoms. The highest BCUT2D eigenvalue weighted by atomic mass is 19.1. The zero-order valence-corrected chi connectivity index (χ0v) is 9.37. The lowest BCUT2D eigenvalue weighted by Crippen LogP contribution is -1.99. The molecule has 1 heterocycles. The van der Waals surface area contributed by atoms with Crippen molar-refractivity contribution in [3.05, 3.63) is 47.5 Å². The summed E-state index contributed by atoms with van der Waals surface area (Å²) >= 11 is 0. The molecule has 0 amide bonds. The SMILES string of the molecule is Cc1cc(CNc2cnn(C)c2)ccc1F. The Balaban J connectivity index is 2.02. The molecule has 0 aliphatic heterocycles. The van der Waals surface area contributed by atoms with E-state index in [1.165, 1.54) is 6.07 Å². The van der Waals surface area contributed by atoms with Gasteiger partial charge in [-0.2, -0.15) is 5.10 Å². The van der Waals surface area contributed by atoms with Crippen molar-refractivity contribution in [1.82, 2.24) is 9.78 Å². The number of halogens is 1. The second-order valence-electron chi connectivity index (χ2n) is 3.84. The molecule has 1 N–H and O–H groups in total. The van der Waals surface area contributed by atoms with Crippen LogP contribution in [-0.4, -0.2) is 9.78 Å². The van der Waals surface area contributed by atoms with Gasteiger partial charge in [0.25, 0.3) is 0 Å². The Morgan fingerprint density at radius 2 is 2.25 bits per heavy atom. The zero-order chi connectivity index (χ0) is 11.5. The van der Waals surface area contributed by atoms with Gasteiger partial charge in [-0.05, 0) is 24.1 Å². The maximum Gasteiger partial charge on any atom is 0.126 e. The van der Waals surface area contributed by atoms with Gasteiger partial charge in [0.15, 0.2) is 0 Å². The topological polar surface area (TPSA) is 29.9 Å². The van der Waals surface area contributed by atoms with Gasteiger partial charge in [-0.1, -0.05) is 12.1 Å². The molecular weight excluding hydrogens is 205 g/mol. The lowest BCUT2D eigenvalue weighted by Gasteiger charge is -2.05. The first kappa shape index (κ1) is 10.7. The maximum atomic E-state index is 13.0. The molecule has 0 aliphatic carbocycles. The predicted molar refractivity (Wildman–Crippen MR) is 61.7 cm³/mol. The van der Waals surface area contributed by atoms with Gasteiger partial charge in [0.1, 0.15) is 5.82 Å². The number of aryl methyl sites for hydroxylation is 2. The Morgan fingerprint density at radius 1 is 1.44 bits per heavy atom. The fourth-order valence-electron chi connectivity index (χ4n) is 1.53. The summed E-state index contributed by atoms with van der Waals surface area (Å²) in [6.45, 7) is 2.44. The molecule has 2 rings (SSSR count). The quantitative estimate of drug-likeness (QED) is 0.859. The highest BCUT2D eigenvalue weighted by Gasteiger charge is 2.00. The van der Waals surface area contributed by atoms with Gasteiger partial charge in [-0.3, -0.25) is 4.68 Å². The van der Waals surface area contributed by atoms with Crippen LogP contribution < -0.4 is 5.32 Å². The highest BCUT2D eigenvalue weighted by molar-refractivity contribution is 5.39. The standard InChI is InChI=1S/C12H14FN3/c1-9-5-10(3-4-12(9)13)6-14-11-7-15-16(2)8-11/h3-5,7-8,14H,6H2,1-2H3. The van der Waals surface area contributed by atoms with Gasteiger partial charge in [0.2, 0.25) is 0 Å². The van der Waals surface area contributed by atoms with Gasteiger partial charge in [-0.25, -0.2) is 4.39 Å². The fourth-order valence-corrected chi connectivity index (χ4v) is 1.53. The van der Waals surface area contributed by atoms with E-state index < -0.39 is 0 Å². The molecule has 0 aliphatic rings. The van der Waals surface area contributed by atoms with E-state index in [0.29, 0.717) is 12.1 Å². The zero-order valence-electron chi connectivity index (χ0n) is 9.37. The minimum Gasteiger partial charge on any atom is -0.378 e. The van der Waals surface area contributed by atoms with E-state index in [1.807, 2.05) is 19.3 Å². The van der Waals surface area contributed by atoms with Crippen molar-refractivity contribution in [3.8, 4) is 0 Å². The lowest BCUT2D eigenvalue weighted by atomic mass is 10.1. The molecule has 0 atom stereocenters. The summed E-state index contributed by atoms with van der Waals surface area (Å²) in [5, 5.41) is 7.28. The van der Waals surface area contributed by atoms with Gasteiger partial charge in [0.05, 0.1) is 11.9 Å². The number of nitrogens with zero attached hydrogens (tertiary/aromatic N) is 2. The van der Waals surface area contributed by atoms with E-state index in [-0.39, 0.29) is 5.82 Å². The summed E-state index contributed by atoms with van der Waals surface area (Å²) in [5.41, 5.74) is 2.69. The van der Waals surface area contributed by atoms with Crippen LogP contribution in [0.15, 0.2) is 30.6 Å². The molecular formula is C12H14FN3. The second-order valence-corrected chi connectivity index (χ2v) is 3.84. The van der Waals surface area contributed by atoms with Crippen LogP contribution in [0, 0.1) is 12.7 Å². The van der Waals surface area contributed by atoms with Crippen LogP contribution in [0.2, 0.25) is 0 Å². The number of anilines is 1. The Bertz CT molecular complexity index is 491. The van der Waals surface area contributed by atoms with Crippen LogP contribution in [0.25, 0.3) is 0 Å².